The Morgan fingerprint density at radius 1 is 1.39 bits per heavy atom. The Bertz CT molecular complexity index is 385. The lowest BCUT2D eigenvalue weighted by atomic mass is 9.97. The fraction of sp³-hybridized carbons (Fsp3) is 0.714. The zero-order valence-corrected chi connectivity index (χ0v) is 12.8. The van der Waals surface area contributed by atoms with Crippen molar-refractivity contribution in [2.24, 2.45) is 5.92 Å². The average molecular weight is 268 g/mol. The Hall–Kier alpha value is -0.740. The first kappa shape index (κ1) is 15.3. The van der Waals surface area contributed by atoms with E-state index in [-0.39, 0.29) is 17.7 Å². The predicted molar refractivity (Wildman–Crippen MR) is 77.1 cm³/mol. The molecule has 0 aliphatic carbocycles. The highest BCUT2D eigenvalue weighted by Crippen LogP contribution is 2.14. The number of nitrogens with zero attached hydrogens (tertiary/aromatic N) is 1. The Morgan fingerprint density at radius 2 is 2.06 bits per heavy atom. The molecule has 18 heavy (non-hydrogen) atoms. The first-order chi connectivity index (χ1) is 8.43. The van der Waals surface area contributed by atoms with Gasteiger partial charge in [0.05, 0.1) is 16.7 Å². The summed E-state index contributed by atoms with van der Waals surface area (Å²) < 4.78 is 0. The summed E-state index contributed by atoms with van der Waals surface area (Å²) in [6.07, 6.45) is 1.66. The monoisotopic (exact) mass is 268 g/mol. The number of hydrogen-bond donors (Lipinski definition) is 1. The second-order valence-corrected chi connectivity index (χ2v) is 6.16. The number of hydrogen-bond acceptors (Lipinski definition) is 4. The van der Waals surface area contributed by atoms with E-state index in [1.807, 2.05) is 13.8 Å². The van der Waals surface area contributed by atoms with E-state index in [2.05, 4.69) is 36.5 Å². The molecule has 1 rings (SSSR count). The van der Waals surface area contributed by atoms with E-state index in [4.69, 9.17) is 0 Å². The molecular formula is C14H24N2OS. The maximum atomic E-state index is 12.2. The molecule has 0 aliphatic heterocycles. The number of carbonyl (C=O) groups excluding carboxylic acids is 1. The minimum absolute atomic E-state index is 0.0607. The van der Waals surface area contributed by atoms with Crippen molar-refractivity contribution in [2.45, 2.75) is 59.5 Å². The fourth-order valence-electron chi connectivity index (χ4n) is 1.86. The standard InChI is InChI=1S/C14H24N2OS/c1-6-13-16-11(8-18-13)7-12(15-10(4)5)14(17)9(2)3/h8-10,12,15H,6-7H2,1-5H3/t12-/m0/s1. The third kappa shape index (κ3) is 4.50. The molecule has 1 N–H and O–H groups in total. The van der Waals surface area contributed by atoms with Gasteiger partial charge in [-0.05, 0) is 6.42 Å². The molecule has 0 aromatic carbocycles. The third-order valence-electron chi connectivity index (χ3n) is 2.76. The van der Waals surface area contributed by atoms with Crippen LogP contribution in [-0.4, -0.2) is 22.9 Å². The van der Waals surface area contributed by atoms with Crippen LogP contribution in [-0.2, 0) is 17.6 Å². The second-order valence-electron chi connectivity index (χ2n) is 5.22. The van der Waals surface area contributed by atoms with Crippen LogP contribution in [0, 0.1) is 5.92 Å². The molecule has 0 aliphatic rings. The van der Waals surface area contributed by atoms with E-state index in [0.717, 1.165) is 17.1 Å². The van der Waals surface area contributed by atoms with Crippen LogP contribution in [0.25, 0.3) is 0 Å². The molecule has 1 aromatic heterocycles. The highest BCUT2D eigenvalue weighted by molar-refractivity contribution is 7.09. The van der Waals surface area contributed by atoms with Gasteiger partial charge in [-0.2, -0.15) is 0 Å². The van der Waals surface area contributed by atoms with Crippen molar-refractivity contribution in [3.05, 3.63) is 16.1 Å². The van der Waals surface area contributed by atoms with Gasteiger partial charge in [-0.15, -0.1) is 11.3 Å². The maximum absolute atomic E-state index is 12.2. The number of thiazole rings is 1. The summed E-state index contributed by atoms with van der Waals surface area (Å²) in [4.78, 5) is 16.7. The van der Waals surface area contributed by atoms with E-state index < -0.39 is 0 Å². The van der Waals surface area contributed by atoms with Crippen LogP contribution in [0.1, 0.15) is 45.3 Å². The summed E-state index contributed by atoms with van der Waals surface area (Å²) in [7, 11) is 0. The van der Waals surface area contributed by atoms with Gasteiger partial charge in [0.15, 0.2) is 5.78 Å². The highest BCUT2D eigenvalue weighted by Gasteiger charge is 2.22. The summed E-state index contributed by atoms with van der Waals surface area (Å²) in [6.45, 7) is 10.1. The Balaban J connectivity index is 2.74. The van der Waals surface area contributed by atoms with Crippen molar-refractivity contribution in [1.29, 1.82) is 0 Å². The Labute approximate surface area is 114 Å². The largest absolute Gasteiger partial charge is 0.305 e. The number of carbonyl (C=O) groups is 1. The maximum Gasteiger partial charge on any atom is 0.152 e. The first-order valence-corrected chi connectivity index (χ1v) is 7.55. The van der Waals surface area contributed by atoms with Crippen molar-refractivity contribution >= 4 is 17.1 Å². The zero-order chi connectivity index (χ0) is 13.7. The number of aryl methyl sites for hydroxylation is 1. The van der Waals surface area contributed by atoms with E-state index in [9.17, 15) is 4.79 Å². The van der Waals surface area contributed by atoms with Crippen molar-refractivity contribution in [2.75, 3.05) is 0 Å². The van der Waals surface area contributed by atoms with Gasteiger partial charge in [-0.3, -0.25) is 4.79 Å². The summed E-state index contributed by atoms with van der Waals surface area (Å²) in [6, 6.07) is 0.193. The predicted octanol–water partition coefficient (Wildman–Crippen LogP) is 2.84. The second kappa shape index (κ2) is 7.00. The molecule has 1 heterocycles. The smallest absolute Gasteiger partial charge is 0.152 e. The van der Waals surface area contributed by atoms with Gasteiger partial charge >= 0.3 is 0 Å². The molecule has 0 fully saturated rings. The van der Waals surface area contributed by atoms with E-state index >= 15 is 0 Å². The summed E-state index contributed by atoms with van der Waals surface area (Å²) >= 11 is 1.68. The van der Waals surface area contributed by atoms with Gasteiger partial charge in [0.25, 0.3) is 0 Å². The van der Waals surface area contributed by atoms with E-state index in [0.29, 0.717) is 12.5 Å². The summed E-state index contributed by atoms with van der Waals surface area (Å²) in [5.74, 6) is 0.334. The SMILES string of the molecule is CCc1nc(C[C@H](NC(C)C)C(=O)C(C)C)cs1. The topological polar surface area (TPSA) is 42.0 Å². The lowest BCUT2D eigenvalue weighted by Crippen LogP contribution is -2.44. The van der Waals surface area contributed by atoms with Gasteiger partial charge < -0.3 is 5.32 Å². The van der Waals surface area contributed by atoms with Gasteiger partial charge in [0.2, 0.25) is 0 Å². The molecular weight excluding hydrogens is 244 g/mol. The minimum Gasteiger partial charge on any atom is -0.305 e. The zero-order valence-electron chi connectivity index (χ0n) is 12.0. The molecule has 0 bridgehead atoms. The first-order valence-electron chi connectivity index (χ1n) is 6.67. The van der Waals surface area contributed by atoms with Crippen molar-refractivity contribution in [1.82, 2.24) is 10.3 Å². The van der Waals surface area contributed by atoms with Gasteiger partial charge in [-0.25, -0.2) is 4.98 Å². The normalized spacial score (nSPS) is 13.3. The Kier molecular flexibility index (Phi) is 5.96. The molecule has 0 saturated heterocycles. The van der Waals surface area contributed by atoms with Crippen LogP contribution in [0.3, 0.4) is 0 Å². The van der Waals surface area contributed by atoms with Crippen molar-refractivity contribution in [3.8, 4) is 0 Å². The van der Waals surface area contributed by atoms with Gasteiger partial charge in [-0.1, -0.05) is 34.6 Å². The van der Waals surface area contributed by atoms with Crippen LogP contribution in [0.5, 0.6) is 0 Å². The Morgan fingerprint density at radius 3 is 2.50 bits per heavy atom. The molecule has 0 amide bonds. The van der Waals surface area contributed by atoms with Gasteiger partial charge in [0, 0.05) is 23.8 Å². The van der Waals surface area contributed by atoms with Gasteiger partial charge in [0.1, 0.15) is 0 Å². The van der Waals surface area contributed by atoms with Crippen molar-refractivity contribution in [3.63, 3.8) is 0 Å². The van der Waals surface area contributed by atoms with E-state index in [1.165, 1.54) is 0 Å². The quantitative estimate of drug-likeness (QED) is 0.827. The molecule has 102 valence electrons. The van der Waals surface area contributed by atoms with Crippen molar-refractivity contribution < 1.29 is 4.79 Å². The van der Waals surface area contributed by atoms with Crippen LogP contribution in [0.15, 0.2) is 5.38 Å². The third-order valence-corrected chi connectivity index (χ3v) is 3.80. The lowest BCUT2D eigenvalue weighted by molar-refractivity contribution is -0.124. The van der Waals surface area contributed by atoms with Crippen LogP contribution >= 0.6 is 11.3 Å². The highest BCUT2D eigenvalue weighted by atomic mass is 32.1. The van der Waals surface area contributed by atoms with E-state index in [1.54, 1.807) is 11.3 Å². The number of ketones is 1. The molecule has 0 saturated carbocycles. The number of aromatic nitrogens is 1. The number of Topliss-reactive ketones (excluding diaryl/α,β-unsaturated/α-hetero) is 1. The van der Waals surface area contributed by atoms with Crippen LogP contribution < -0.4 is 5.32 Å². The van der Waals surface area contributed by atoms with Crippen LogP contribution in [0.4, 0.5) is 0 Å². The molecule has 0 radical (unpaired) electrons. The number of nitrogens with one attached hydrogen (secondary N) is 1. The molecule has 4 heteroatoms. The molecule has 0 spiro atoms. The number of rotatable bonds is 7. The van der Waals surface area contributed by atoms with Crippen LogP contribution in [0.2, 0.25) is 0 Å². The summed E-state index contributed by atoms with van der Waals surface area (Å²) in [5, 5.41) is 6.57. The lowest BCUT2D eigenvalue weighted by Gasteiger charge is -2.21. The molecule has 0 unspecified atom stereocenters. The molecule has 1 aromatic rings. The molecule has 1 atom stereocenters. The molecule has 3 nitrogen and oxygen atoms in total. The minimum atomic E-state index is -0.114. The fourth-order valence-corrected chi connectivity index (χ4v) is 2.62. The average Bonchev–Trinajstić information content (AvgIpc) is 2.74. The summed E-state index contributed by atoms with van der Waals surface area (Å²) in [5.41, 5.74) is 1.03.